The molecule has 1 amide bonds. The van der Waals surface area contributed by atoms with Crippen LogP contribution in [0.4, 0.5) is 5.69 Å². The molecule has 1 aromatic heterocycles. The van der Waals surface area contributed by atoms with Gasteiger partial charge in [0.25, 0.3) is 0 Å². The molecular formula is C17H18N4OS. The van der Waals surface area contributed by atoms with Gasteiger partial charge < -0.3 is 10.6 Å². The Hall–Kier alpha value is -2.34. The molecule has 2 aromatic rings. The van der Waals surface area contributed by atoms with E-state index in [9.17, 15) is 4.79 Å². The molecule has 0 bridgehead atoms. The molecule has 5 nitrogen and oxygen atoms in total. The minimum Gasteiger partial charge on any atom is -0.369 e. The van der Waals surface area contributed by atoms with Crippen LogP contribution in [-0.2, 0) is 10.3 Å². The quantitative estimate of drug-likeness (QED) is 0.916. The summed E-state index contributed by atoms with van der Waals surface area (Å²) in [5.74, 6) is 0.137. The maximum Gasteiger partial charge on any atom is 0.236 e. The highest BCUT2D eigenvalue weighted by Gasteiger charge is 2.55. The normalized spacial score (nSPS) is 27.1. The van der Waals surface area contributed by atoms with Crippen LogP contribution in [0, 0.1) is 5.92 Å². The fourth-order valence-electron chi connectivity index (χ4n) is 3.52. The number of guanidine groups is 1. The van der Waals surface area contributed by atoms with Crippen molar-refractivity contribution in [3.05, 3.63) is 52.7 Å². The maximum absolute atomic E-state index is 12.8. The SMILES string of the molecule is CN1C(=O)C2CN(c3ccccc3)CC2(c2cccs2)N=C1N. The van der Waals surface area contributed by atoms with Gasteiger partial charge in [0.05, 0.1) is 5.92 Å². The van der Waals surface area contributed by atoms with E-state index in [-0.39, 0.29) is 11.8 Å². The van der Waals surface area contributed by atoms with Crippen molar-refractivity contribution in [1.29, 1.82) is 0 Å². The number of nitrogens with zero attached hydrogens (tertiary/aromatic N) is 3. The number of anilines is 1. The molecule has 3 heterocycles. The molecule has 2 N–H and O–H groups in total. The van der Waals surface area contributed by atoms with Crippen molar-refractivity contribution in [1.82, 2.24) is 4.90 Å². The average Bonchev–Trinajstić information content (AvgIpc) is 3.22. The lowest BCUT2D eigenvalue weighted by Gasteiger charge is -2.36. The van der Waals surface area contributed by atoms with Gasteiger partial charge in [-0.25, -0.2) is 4.99 Å². The van der Waals surface area contributed by atoms with E-state index in [1.165, 1.54) is 4.90 Å². The van der Waals surface area contributed by atoms with Gasteiger partial charge in [-0.05, 0) is 23.6 Å². The molecule has 4 rings (SSSR count). The summed E-state index contributed by atoms with van der Waals surface area (Å²) in [5.41, 5.74) is 6.58. The summed E-state index contributed by atoms with van der Waals surface area (Å²) < 4.78 is 0. The Morgan fingerprint density at radius 1 is 1.26 bits per heavy atom. The number of thiophene rings is 1. The van der Waals surface area contributed by atoms with Crippen molar-refractivity contribution < 1.29 is 4.79 Å². The third kappa shape index (κ3) is 2.05. The van der Waals surface area contributed by atoms with E-state index in [0.29, 0.717) is 19.0 Å². The van der Waals surface area contributed by atoms with Gasteiger partial charge in [0.15, 0.2) is 5.96 Å². The number of fused-ring (bicyclic) bond motifs is 1. The molecule has 0 saturated carbocycles. The third-order valence-electron chi connectivity index (χ3n) is 4.77. The number of aliphatic imine (C=N–C) groups is 1. The number of para-hydroxylation sites is 1. The zero-order valence-electron chi connectivity index (χ0n) is 12.8. The molecule has 2 unspecified atom stereocenters. The second-order valence-electron chi connectivity index (χ2n) is 6.04. The highest BCUT2D eigenvalue weighted by atomic mass is 32.1. The van der Waals surface area contributed by atoms with Crippen molar-refractivity contribution in [2.75, 3.05) is 25.0 Å². The van der Waals surface area contributed by atoms with Gasteiger partial charge in [0.1, 0.15) is 5.54 Å². The molecule has 1 saturated heterocycles. The number of carbonyl (C=O) groups is 1. The predicted molar refractivity (Wildman–Crippen MR) is 92.5 cm³/mol. The van der Waals surface area contributed by atoms with Crippen molar-refractivity contribution in [3.63, 3.8) is 0 Å². The first-order chi connectivity index (χ1) is 11.1. The highest BCUT2D eigenvalue weighted by molar-refractivity contribution is 7.10. The van der Waals surface area contributed by atoms with Crippen LogP contribution in [0.15, 0.2) is 52.8 Å². The van der Waals surface area contributed by atoms with E-state index in [2.05, 4.69) is 23.1 Å². The van der Waals surface area contributed by atoms with Crippen molar-refractivity contribution in [2.45, 2.75) is 5.54 Å². The van der Waals surface area contributed by atoms with Gasteiger partial charge in [-0.1, -0.05) is 24.3 Å². The Labute approximate surface area is 139 Å². The van der Waals surface area contributed by atoms with E-state index in [1.807, 2.05) is 29.6 Å². The van der Waals surface area contributed by atoms with E-state index < -0.39 is 5.54 Å². The van der Waals surface area contributed by atoms with Crippen LogP contribution >= 0.6 is 11.3 Å². The first kappa shape index (κ1) is 14.3. The van der Waals surface area contributed by atoms with Gasteiger partial charge in [-0.3, -0.25) is 9.69 Å². The zero-order chi connectivity index (χ0) is 16.0. The van der Waals surface area contributed by atoms with E-state index >= 15 is 0 Å². The second kappa shape index (κ2) is 5.09. The van der Waals surface area contributed by atoms with E-state index in [1.54, 1.807) is 18.4 Å². The van der Waals surface area contributed by atoms with Crippen molar-refractivity contribution in [2.24, 2.45) is 16.6 Å². The Morgan fingerprint density at radius 2 is 2.04 bits per heavy atom. The Balaban J connectivity index is 1.83. The standard InChI is InChI=1S/C17H18N4OS/c1-20-15(22)13-10-21(12-6-3-2-4-7-12)11-17(13,19-16(20)18)14-8-5-9-23-14/h2-9,13H,10-11H2,1H3,(H2,18,19). The number of amides is 1. The molecule has 1 aromatic carbocycles. The van der Waals surface area contributed by atoms with E-state index in [4.69, 9.17) is 10.7 Å². The number of hydrogen-bond donors (Lipinski definition) is 1. The number of carbonyl (C=O) groups excluding carboxylic acids is 1. The summed E-state index contributed by atoms with van der Waals surface area (Å²) in [4.78, 5) is 22.4. The number of hydrogen-bond acceptors (Lipinski definition) is 5. The minimum atomic E-state index is -0.572. The second-order valence-corrected chi connectivity index (χ2v) is 6.99. The Morgan fingerprint density at radius 3 is 2.74 bits per heavy atom. The summed E-state index contributed by atoms with van der Waals surface area (Å²) in [6.07, 6.45) is 0. The molecule has 2 atom stereocenters. The van der Waals surface area contributed by atoms with Gasteiger partial charge in [0.2, 0.25) is 5.91 Å². The molecule has 23 heavy (non-hydrogen) atoms. The smallest absolute Gasteiger partial charge is 0.236 e. The molecule has 0 spiro atoms. The van der Waals surface area contributed by atoms with Crippen LogP contribution in [0.1, 0.15) is 4.88 Å². The molecule has 0 radical (unpaired) electrons. The number of benzene rings is 1. The minimum absolute atomic E-state index is 0.0457. The summed E-state index contributed by atoms with van der Waals surface area (Å²) in [7, 11) is 1.70. The largest absolute Gasteiger partial charge is 0.369 e. The van der Waals surface area contributed by atoms with Crippen LogP contribution in [-0.4, -0.2) is 36.9 Å². The Bertz CT molecular complexity index is 758. The van der Waals surface area contributed by atoms with Crippen LogP contribution < -0.4 is 10.6 Å². The van der Waals surface area contributed by atoms with Gasteiger partial charge in [-0.15, -0.1) is 11.3 Å². The lowest BCUT2D eigenvalue weighted by atomic mass is 9.84. The molecule has 118 valence electrons. The summed E-state index contributed by atoms with van der Waals surface area (Å²) in [5, 5.41) is 2.03. The fraction of sp³-hybridized carbons (Fsp3) is 0.294. The molecule has 0 aliphatic carbocycles. The van der Waals surface area contributed by atoms with Gasteiger partial charge >= 0.3 is 0 Å². The maximum atomic E-state index is 12.8. The van der Waals surface area contributed by atoms with Crippen LogP contribution in [0.3, 0.4) is 0 Å². The van der Waals surface area contributed by atoms with Crippen molar-refractivity contribution in [3.8, 4) is 0 Å². The Kier molecular flexibility index (Phi) is 3.16. The summed E-state index contributed by atoms with van der Waals surface area (Å²) in [6, 6.07) is 14.2. The molecule has 2 aliphatic heterocycles. The highest BCUT2D eigenvalue weighted by Crippen LogP contribution is 2.46. The van der Waals surface area contributed by atoms with Gasteiger partial charge in [0, 0.05) is 30.7 Å². The topological polar surface area (TPSA) is 61.9 Å². The first-order valence-corrected chi connectivity index (χ1v) is 8.47. The van der Waals surface area contributed by atoms with Crippen LogP contribution in [0.5, 0.6) is 0 Å². The van der Waals surface area contributed by atoms with Crippen LogP contribution in [0.25, 0.3) is 0 Å². The fourth-order valence-corrected chi connectivity index (χ4v) is 4.44. The summed E-state index contributed by atoms with van der Waals surface area (Å²) in [6.45, 7) is 1.32. The lowest BCUT2D eigenvalue weighted by Crippen LogP contribution is -2.54. The van der Waals surface area contributed by atoms with Crippen molar-refractivity contribution >= 4 is 28.9 Å². The molecule has 6 heteroatoms. The number of rotatable bonds is 2. The molecule has 2 aliphatic rings. The van der Waals surface area contributed by atoms with Gasteiger partial charge in [-0.2, -0.15) is 0 Å². The summed E-state index contributed by atoms with van der Waals surface area (Å²) >= 11 is 1.64. The molecule has 1 fully saturated rings. The molecular weight excluding hydrogens is 308 g/mol. The third-order valence-corrected chi connectivity index (χ3v) is 5.80. The predicted octanol–water partition coefficient (Wildman–Crippen LogP) is 1.87. The lowest BCUT2D eigenvalue weighted by molar-refractivity contribution is -0.132. The first-order valence-electron chi connectivity index (χ1n) is 7.59. The monoisotopic (exact) mass is 326 g/mol. The van der Waals surface area contributed by atoms with Crippen LogP contribution in [0.2, 0.25) is 0 Å². The number of nitrogens with two attached hydrogens (primary N) is 1. The zero-order valence-corrected chi connectivity index (χ0v) is 13.7. The average molecular weight is 326 g/mol. The van der Waals surface area contributed by atoms with E-state index in [0.717, 1.165) is 10.6 Å².